The molecule has 1 heterocycles. The molecule has 0 aliphatic rings. The van der Waals surface area contributed by atoms with Gasteiger partial charge in [0, 0.05) is 29.1 Å². The zero-order valence-corrected chi connectivity index (χ0v) is 20.2. The van der Waals surface area contributed by atoms with Crippen molar-refractivity contribution in [1.82, 2.24) is 10.3 Å². The van der Waals surface area contributed by atoms with Crippen LogP contribution in [0.4, 0.5) is 0 Å². The van der Waals surface area contributed by atoms with Gasteiger partial charge in [0.2, 0.25) is 5.91 Å². The van der Waals surface area contributed by atoms with Crippen molar-refractivity contribution in [3.63, 3.8) is 0 Å². The molecule has 5 nitrogen and oxygen atoms in total. The van der Waals surface area contributed by atoms with E-state index in [-0.39, 0.29) is 5.91 Å². The lowest BCUT2D eigenvalue weighted by Gasteiger charge is -2.07. The molecule has 1 amide bonds. The van der Waals surface area contributed by atoms with E-state index in [0.717, 1.165) is 33.0 Å². The molecule has 3 aromatic carbocycles. The quantitative estimate of drug-likeness (QED) is 0.315. The van der Waals surface area contributed by atoms with Crippen LogP contribution in [0, 0.1) is 6.92 Å². The van der Waals surface area contributed by atoms with E-state index in [4.69, 9.17) is 14.5 Å². The summed E-state index contributed by atoms with van der Waals surface area (Å²) in [5, 5.41) is 5.97. The maximum absolute atomic E-state index is 12.3. The molecule has 0 fully saturated rings. The summed E-state index contributed by atoms with van der Waals surface area (Å²) in [5.74, 6) is 1.11. The second-order valence-corrected chi connectivity index (χ2v) is 8.62. The number of aryl methyl sites for hydroxylation is 1. The topological polar surface area (TPSA) is 60.5 Å². The van der Waals surface area contributed by atoms with E-state index in [1.165, 1.54) is 11.6 Å². The third kappa shape index (κ3) is 5.71. The molecule has 0 unspecified atom stereocenters. The van der Waals surface area contributed by atoms with Crippen molar-refractivity contribution in [3.8, 4) is 33.3 Å². The molecule has 0 saturated heterocycles. The summed E-state index contributed by atoms with van der Waals surface area (Å²) in [4.78, 5) is 17.0. The fourth-order valence-corrected chi connectivity index (χ4v) is 4.24. The molecule has 1 aromatic heterocycles. The minimum atomic E-state index is -0.165. The van der Waals surface area contributed by atoms with Gasteiger partial charge in [-0.25, -0.2) is 4.98 Å². The van der Waals surface area contributed by atoms with E-state index < -0.39 is 0 Å². The summed E-state index contributed by atoms with van der Waals surface area (Å²) in [6.07, 6.45) is 3.26. The SMILES string of the molecule is COc1ccc(/C=C/C(=O)NCc2ccc(-c3nc(-c4ccc(C)cc4)cs3)cc2)cc1OC. The normalized spacial score (nSPS) is 10.9. The fourth-order valence-electron chi connectivity index (χ4n) is 3.40. The Morgan fingerprint density at radius 3 is 2.35 bits per heavy atom. The van der Waals surface area contributed by atoms with E-state index in [9.17, 15) is 4.79 Å². The van der Waals surface area contributed by atoms with Crippen molar-refractivity contribution < 1.29 is 14.3 Å². The second-order valence-electron chi connectivity index (χ2n) is 7.77. The molecule has 0 atom stereocenters. The Morgan fingerprint density at radius 2 is 1.65 bits per heavy atom. The van der Waals surface area contributed by atoms with Crippen LogP contribution < -0.4 is 14.8 Å². The van der Waals surface area contributed by atoms with Crippen molar-refractivity contribution in [1.29, 1.82) is 0 Å². The van der Waals surface area contributed by atoms with Gasteiger partial charge in [0.15, 0.2) is 11.5 Å². The average molecular weight is 471 g/mol. The molecule has 0 aliphatic carbocycles. The van der Waals surface area contributed by atoms with Crippen LogP contribution in [0.3, 0.4) is 0 Å². The fraction of sp³-hybridized carbons (Fsp3) is 0.143. The Balaban J connectivity index is 1.34. The Morgan fingerprint density at radius 1 is 0.941 bits per heavy atom. The lowest BCUT2D eigenvalue weighted by Crippen LogP contribution is -2.20. The lowest BCUT2D eigenvalue weighted by molar-refractivity contribution is -0.116. The number of ether oxygens (including phenoxy) is 2. The predicted octanol–water partition coefficient (Wildman–Crippen LogP) is 6.13. The highest BCUT2D eigenvalue weighted by atomic mass is 32.1. The molecular weight excluding hydrogens is 444 g/mol. The Labute approximate surface area is 203 Å². The number of amides is 1. The highest BCUT2D eigenvalue weighted by Crippen LogP contribution is 2.29. The molecule has 6 heteroatoms. The first-order valence-electron chi connectivity index (χ1n) is 10.9. The zero-order chi connectivity index (χ0) is 23.9. The van der Waals surface area contributed by atoms with Crippen molar-refractivity contribution in [2.24, 2.45) is 0 Å². The van der Waals surface area contributed by atoms with Gasteiger partial charge in [-0.3, -0.25) is 4.79 Å². The van der Waals surface area contributed by atoms with Gasteiger partial charge in [-0.2, -0.15) is 0 Å². The van der Waals surface area contributed by atoms with Crippen LogP contribution in [0.15, 0.2) is 78.2 Å². The lowest BCUT2D eigenvalue weighted by atomic mass is 10.1. The number of carbonyl (C=O) groups excluding carboxylic acids is 1. The van der Waals surface area contributed by atoms with Gasteiger partial charge >= 0.3 is 0 Å². The first-order valence-corrected chi connectivity index (χ1v) is 11.7. The molecule has 172 valence electrons. The summed E-state index contributed by atoms with van der Waals surface area (Å²) in [5.41, 5.74) is 6.27. The number of rotatable bonds is 8. The molecule has 0 spiro atoms. The molecule has 4 rings (SSSR count). The minimum Gasteiger partial charge on any atom is -0.493 e. The number of methoxy groups -OCH3 is 2. The monoisotopic (exact) mass is 470 g/mol. The van der Waals surface area contributed by atoms with Gasteiger partial charge in [0.25, 0.3) is 0 Å². The summed E-state index contributed by atoms with van der Waals surface area (Å²) < 4.78 is 10.5. The van der Waals surface area contributed by atoms with Crippen LogP contribution in [0.5, 0.6) is 11.5 Å². The molecule has 0 bridgehead atoms. The summed E-state index contributed by atoms with van der Waals surface area (Å²) in [6.45, 7) is 2.52. The third-order valence-corrected chi connectivity index (χ3v) is 6.25. The Hall–Kier alpha value is -3.90. The number of thiazole rings is 1. The van der Waals surface area contributed by atoms with Crippen LogP contribution in [-0.2, 0) is 11.3 Å². The number of carbonyl (C=O) groups is 1. The first-order chi connectivity index (χ1) is 16.6. The van der Waals surface area contributed by atoms with Crippen LogP contribution in [0.1, 0.15) is 16.7 Å². The molecule has 1 N–H and O–H groups in total. The number of nitrogens with zero attached hydrogens (tertiary/aromatic N) is 1. The zero-order valence-electron chi connectivity index (χ0n) is 19.4. The van der Waals surface area contributed by atoms with Crippen molar-refractivity contribution >= 4 is 23.3 Å². The number of hydrogen-bond acceptors (Lipinski definition) is 5. The number of benzene rings is 3. The number of hydrogen-bond donors (Lipinski definition) is 1. The van der Waals surface area contributed by atoms with Crippen molar-refractivity contribution in [2.45, 2.75) is 13.5 Å². The van der Waals surface area contributed by atoms with Crippen molar-refractivity contribution in [3.05, 3.63) is 94.9 Å². The molecule has 0 saturated carbocycles. The Bertz CT molecular complexity index is 1290. The highest BCUT2D eigenvalue weighted by molar-refractivity contribution is 7.13. The van der Waals surface area contributed by atoms with Gasteiger partial charge in [0.1, 0.15) is 5.01 Å². The van der Waals surface area contributed by atoms with E-state index in [1.54, 1.807) is 31.6 Å². The van der Waals surface area contributed by atoms with E-state index in [0.29, 0.717) is 18.0 Å². The van der Waals surface area contributed by atoms with Gasteiger partial charge in [-0.15, -0.1) is 11.3 Å². The van der Waals surface area contributed by atoms with Gasteiger partial charge in [0.05, 0.1) is 19.9 Å². The smallest absolute Gasteiger partial charge is 0.244 e. The van der Waals surface area contributed by atoms with Crippen molar-refractivity contribution in [2.75, 3.05) is 14.2 Å². The van der Waals surface area contributed by atoms with Crippen LogP contribution in [0.2, 0.25) is 0 Å². The summed E-state index contributed by atoms with van der Waals surface area (Å²) >= 11 is 1.63. The maximum Gasteiger partial charge on any atom is 0.244 e. The van der Waals surface area contributed by atoms with Gasteiger partial charge in [-0.05, 0) is 36.3 Å². The van der Waals surface area contributed by atoms with Crippen LogP contribution >= 0.6 is 11.3 Å². The summed E-state index contributed by atoms with van der Waals surface area (Å²) in [7, 11) is 3.17. The third-order valence-electron chi connectivity index (χ3n) is 5.35. The van der Waals surface area contributed by atoms with E-state index >= 15 is 0 Å². The molecular formula is C28H26N2O3S. The van der Waals surface area contributed by atoms with Crippen LogP contribution in [0.25, 0.3) is 27.9 Å². The largest absolute Gasteiger partial charge is 0.493 e. The average Bonchev–Trinajstić information content (AvgIpc) is 3.37. The molecule has 0 radical (unpaired) electrons. The summed E-state index contributed by atoms with van der Waals surface area (Å²) in [6, 6.07) is 22.0. The van der Waals surface area contributed by atoms with E-state index in [1.807, 2.05) is 42.5 Å². The molecule has 0 aliphatic heterocycles. The van der Waals surface area contributed by atoms with Gasteiger partial charge < -0.3 is 14.8 Å². The second kappa shape index (κ2) is 10.8. The first kappa shape index (κ1) is 23.3. The number of nitrogens with one attached hydrogen (secondary N) is 1. The Kier molecular flexibility index (Phi) is 7.40. The highest BCUT2D eigenvalue weighted by Gasteiger charge is 2.07. The van der Waals surface area contributed by atoms with E-state index in [2.05, 4.69) is 41.9 Å². The number of aromatic nitrogens is 1. The van der Waals surface area contributed by atoms with Gasteiger partial charge in [-0.1, -0.05) is 60.2 Å². The standard InChI is InChI=1S/C28H26N2O3S/c1-19-4-10-22(11-5-19)24-18-34-28(30-24)23-12-6-21(7-13-23)17-29-27(31)15-9-20-8-14-25(32-2)26(16-20)33-3/h4-16,18H,17H2,1-3H3,(H,29,31)/b15-9+. The maximum atomic E-state index is 12.3. The predicted molar refractivity (Wildman–Crippen MR) is 138 cm³/mol. The van der Waals surface area contributed by atoms with Crippen LogP contribution in [-0.4, -0.2) is 25.1 Å². The molecule has 34 heavy (non-hydrogen) atoms. The minimum absolute atomic E-state index is 0.165. The molecule has 4 aromatic rings.